The molecule has 6 aromatic rings. The van der Waals surface area contributed by atoms with Gasteiger partial charge < -0.3 is 26.2 Å². The van der Waals surface area contributed by atoms with Crippen LogP contribution in [0.5, 0.6) is 11.6 Å². The lowest BCUT2D eigenvalue weighted by Crippen LogP contribution is -2.17. The maximum absolute atomic E-state index is 9.05. The van der Waals surface area contributed by atoms with E-state index in [1.807, 2.05) is 78.9 Å². The molecular formula is C32H28N8O2. The van der Waals surface area contributed by atoms with E-state index in [0.717, 1.165) is 33.3 Å². The van der Waals surface area contributed by atoms with Crippen molar-refractivity contribution in [3.63, 3.8) is 0 Å². The Morgan fingerprint density at radius 2 is 1.67 bits per heavy atom. The largest absolute Gasteiger partial charge is 0.438 e. The molecule has 0 spiro atoms. The summed E-state index contributed by atoms with van der Waals surface area (Å²) < 4.78 is 6.10. The van der Waals surface area contributed by atoms with Crippen LogP contribution in [-0.2, 0) is 6.54 Å². The third-order valence-electron chi connectivity index (χ3n) is 6.56. The van der Waals surface area contributed by atoms with Gasteiger partial charge in [0.05, 0.1) is 17.9 Å². The van der Waals surface area contributed by atoms with E-state index in [0.29, 0.717) is 41.8 Å². The second kappa shape index (κ2) is 12.4. The van der Waals surface area contributed by atoms with Crippen molar-refractivity contribution in [3.05, 3.63) is 109 Å². The molecule has 0 atom stereocenters. The van der Waals surface area contributed by atoms with Gasteiger partial charge in [0.25, 0.3) is 0 Å². The van der Waals surface area contributed by atoms with Gasteiger partial charge in [-0.3, -0.25) is 0 Å². The van der Waals surface area contributed by atoms with Crippen LogP contribution in [0.2, 0.25) is 0 Å². The van der Waals surface area contributed by atoms with Crippen molar-refractivity contribution in [3.8, 4) is 34.1 Å². The summed E-state index contributed by atoms with van der Waals surface area (Å²) in [5, 5.41) is 26.8. The molecule has 0 aliphatic carbocycles. The third kappa shape index (κ3) is 5.99. The maximum Gasteiger partial charge on any atom is 0.228 e. The summed E-state index contributed by atoms with van der Waals surface area (Å²) in [6, 6.07) is 29.2. The van der Waals surface area contributed by atoms with E-state index in [1.54, 1.807) is 18.5 Å². The highest BCUT2D eigenvalue weighted by Gasteiger charge is 2.13. The summed E-state index contributed by atoms with van der Waals surface area (Å²) in [5.41, 5.74) is 10.8. The summed E-state index contributed by atoms with van der Waals surface area (Å²) in [7, 11) is 0. The Morgan fingerprint density at radius 1 is 0.810 bits per heavy atom. The number of aromatic nitrogens is 5. The zero-order valence-electron chi connectivity index (χ0n) is 22.6. The molecule has 0 fully saturated rings. The van der Waals surface area contributed by atoms with Crippen molar-refractivity contribution < 1.29 is 9.84 Å². The Kier molecular flexibility index (Phi) is 7.89. The second-order valence-corrected chi connectivity index (χ2v) is 9.45. The number of rotatable bonds is 10. The Bertz CT molecular complexity index is 1830. The number of hydrogen-bond donors (Lipinski definition) is 4. The van der Waals surface area contributed by atoms with Crippen LogP contribution in [0.15, 0.2) is 103 Å². The number of pyridine rings is 1. The van der Waals surface area contributed by atoms with E-state index in [1.165, 1.54) is 0 Å². The van der Waals surface area contributed by atoms with Crippen molar-refractivity contribution in [2.24, 2.45) is 0 Å². The first-order chi connectivity index (χ1) is 20.7. The van der Waals surface area contributed by atoms with Crippen molar-refractivity contribution in [1.29, 1.82) is 0 Å². The predicted molar refractivity (Wildman–Crippen MR) is 163 cm³/mol. The Hall–Kier alpha value is -5.45. The SMILES string of the molecule is Nc1nccc(-c2cccnc2Oc2ccc(Nc3nnc(-c4cccc(CNCCO)c4)c4ccccc34)cc2)n1. The molecule has 3 aromatic heterocycles. The van der Waals surface area contributed by atoms with Crippen molar-refractivity contribution in [1.82, 2.24) is 30.5 Å². The van der Waals surface area contributed by atoms with Crippen LogP contribution in [0.1, 0.15) is 5.56 Å². The lowest BCUT2D eigenvalue weighted by molar-refractivity contribution is 0.292. The molecule has 0 unspecified atom stereocenters. The zero-order valence-corrected chi connectivity index (χ0v) is 22.6. The van der Waals surface area contributed by atoms with Crippen LogP contribution in [0.3, 0.4) is 0 Å². The minimum absolute atomic E-state index is 0.102. The maximum atomic E-state index is 9.05. The lowest BCUT2D eigenvalue weighted by atomic mass is 10.0. The molecule has 10 nitrogen and oxygen atoms in total. The van der Waals surface area contributed by atoms with Crippen molar-refractivity contribution in [2.45, 2.75) is 6.54 Å². The molecule has 0 aliphatic rings. The summed E-state index contributed by atoms with van der Waals surface area (Å²) >= 11 is 0. The molecule has 0 bridgehead atoms. The molecular weight excluding hydrogens is 528 g/mol. The standard InChI is InChI=1S/C32H28N8O2/c33-32-36-16-14-28(38-32)27-9-4-15-35-31(27)42-24-12-10-23(11-13-24)37-30-26-8-2-1-7-25(26)29(39-40-30)22-6-3-5-21(19-22)20-34-17-18-41/h1-16,19,34,41H,17-18,20H2,(H,37,40)(H2,33,36,38). The fraction of sp³-hybridized carbons (Fsp3) is 0.0938. The number of aliphatic hydroxyl groups is 1. The number of aliphatic hydroxyl groups excluding tert-OH is 1. The Labute approximate surface area is 242 Å². The fourth-order valence-electron chi connectivity index (χ4n) is 4.60. The van der Waals surface area contributed by atoms with Gasteiger partial charge in [0, 0.05) is 47.5 Å². The van der Waals surface area contributed by atoms with Crippen LogP contribution in [-0.4, -0.2) is 43.4 Å². The summed E-state index contributed by atoms with van der Waals surface area (Å²) in [4.78, 5) is 12.6. The molecule has 6 rings (SSSR count). The van der Waals surface area contributed by atoms with Gasteiger partial charge in [0.1, 0.15) is 11.4 Å². The van der Waals surface area contributed by atoms with Gasteiger partial charge in [-0.15, -0.1) is 10.2 Å². The first-order valence-corrected chi connectivity index (χ1v) is 13.4. The Morgan fingerprint density at radius 3 is 2.50 bits per heavy atom. The number of hydrogen-bond acceptors (Lipinski definition) is 10. The number of nitrogen functional groups attached to an aromatic ring is 1. The van der Waals surface area contributed by atoms with Crippen molar-refractivity contribution >= 4 is 28.2 Å². The minimum Gasteiger partial charge on any atom is -0.438 e. The number of nitrogens with one attached hydrogen (secondary N) is 2. The van der Waals surface area contributed by atoms with E-state index < -0.39 is 0 Å². The van der Waals surface area contributed by atoms with Crippen LogP contribution in [0.4, 0.5) is 17.5 Å². The van der Waals surface area contributed by atoms with Gasteiger partial charge in [0.2, 0.25) is 11.8 Å². The van der Waals surface area contributed by atoms with E-state index in [2.05, 4.69) is 41.8 Å². The first-order valence-electron chi connectivity index (χ1n) is 13.4. The number of nitrogens with zero attached hydrogens (tertiary/aromatic N) is 5. The molecule has 208 valence electrons. The van der Waals surface area contributed by atoms with Crippen molar-refractivity contribution in [2.75, 3.05) is 24.2 Å². The zero-order chi connectivity index (χ0) is 28.7. The summed E-state index contributed by atoms with van der Waals surface area (Å²) in [6.07, 6.45) is 3.26. The predicted octanol–water partition coefficient (Wildman–Crippen LogP) is 5.35. The van der Waals surface area contributed by atoms with Gasteiger partial charge in [-0.25, -0.2) is 15.0 Å². The number of benzene rings is 3. The molecule has 0 saturated carbocycles. The molecule has 0 amide bonds. The van der Waals surface area contributed by atoms with Crippen LogP contribution >= 0.6 is 0 Å². The smallest absolute Gasteiger partial charge is 0.228 e. The topological polar surface area (TPSA) is 144 Å². The molecule has 3 aromatic carbocycles. The number of ether oxygens (including phenoxy) is 1. The lowest BCUT2D eigenvalue weighted by Gasteiger charge is -2.13. The number of fused-ring (bicyclic) bond motifs is 1. The van der Waals surface area contributed by atoms with Gasteiger partial charge >= 0.3 is 0 Å². The third-order valence-corrected chi connectivity index (χ3v) is 6.56. The van der Waals surface area contributed by atoms with E-state index in [4.69, 9.17) is 15.6 Å². The molecule has 0 aliphatic heterocycles. The van der Waals surface area contributed by atoms with Gasteiger partial charge in [0.15, 0.2) is 5.82 Å². The highest BCUT2D eigenvalue weighted by atomic mass is 16.5. The van der Waals surface area contributed by atoms with Crippen LogP contribution in [0, 0.1) is 0 Å². The van der Waals surface area contributed by atoms with Crippen LogP contribution < -0.4 is 21.1 Å². The van der Waals surface area contributed by atoms with E-state index in [-0.39, 0.29) is 12.6 Å². The number of nitrogens with two attached hydrogens (primary N) is 1. The normalized spacial score (nSPS) is 11.0. The first kappa shape index (κ1) is 26.8. The highest BCUT2D eigenvalue weighted by molar-refractivity contribution is 6.00. The Balaban J connectivity index is 1.23. The average Bonchev–Trinajstić information content (AvgIpc) is 3.03. The molecule has 10 heteroatoms. The van der Waals surface area contributed by atoms with Crippen LogP contribution in [0.25, 0.3) is 33.3 Å². The molecule has 3 heterocycles. The summed E-state index contributed by atoms with van der Waals surface area (Å²) in [6.45, 7) is 1.31. The number of anilines is 3. The highest BCUT2D eigenvalue weighted by Crippen LogP contribution is 2.33. The molecule has 0 saturated heterocycles. The van der Waals surface area contributed by atoms with Gasteiger partial charge in [-0.2, -0.15) is 0 Å². The molecule has 5 N–H and O–H groups in total. The quantitative estimate of drug-likeness (QED) is 0.163. The van der Waals surface area contributed by atoms with E-state index >= 15 is 0 Å². The fourth-order valence-corrected chi connectivity index (χ4v) is 4.60. The summed E-state index contributed by atoms with van der Waals surface area (Å²) in [5.74, 6) is 1.86. The average molecular weight is 557 g/mol. The second-order valence-electron chi connectivity index (χ2n) is 9.45. The minimum atomic E-state index is 0.102. The van der Waals surface area contributed by atoms with Gasteiger partial charge in [-0.1, -0.05) is 42.5 Å². The molecule has 0 radical (unpaired) electrons. The van der Waals surface area contributed by atoms with Gasteiger partial charge in [-0.05, 0) is 54.1 Å². The molecule has 42 heavy (non-hydrogen) atoms. The van der Waals surface area contributed by atoms with E-state index in [9.17, 15) is 0 Å². The monoisotopic (exact) mass is 556 g/mol.